The molecule has 0 saturated heterocycles. The van der Waals surface area contributed by atoms with Gasteiger partial charge < -0.3 is 15.7 Å². The molecule has 0 amide bonds. The fourth-order valence-corrected chi connectivity index (χ4v) is 2.84. The minimum atomic E-state index is 0. The number of hydrogen-bond acceptors (Lipinski definition) is 2. The van der Waals surface area contributed by atoms with Crippen LogP contribution >= 0.6 is 24.0 Å². The van der Waals surface area contributed by atoms with E-state index in [1.54, 1.807) is 0 Å². The van der Waals surface area contributed by atoms with Gasteiger partial charge in [0.1, 0.15) is 0 Å². The van der Waals surface area contributed by atoms with Crippen molar-refractivity contribution in [2.75, 3.05) is 26.2 Å². The maximum atomic E-state index is 9.16. The third-order valence-electron chi connectivity index (χ3n) is 4.32. The van der Waals surface area contributed by atoms with Gasteiger partial charge in [-0.25, -0.2) is 0 Å². The first kappa shape index (κ1) is 24.2. The Labute approximate surface area is 170 Å². The van der Waals surface area contributed by atoms with E-state index in [-0.39, 0.29) is 30.6 Å². The summed E-state index contributed by atoms with van der Waals surface area (Å²) in [6.45, 7) is 9.32. The number of benzene rings is 1. The molecule has 0 aliphatic heterocycles. The van der Waals surface area contributed by atoms with Gasteiger partial charge in [0.05, 0.1) is 0 Å². The number of guanidine groups is 1. The zero-order chi connectivity index (χ0) is 17.6. The molecule has 0 aromatic heterocycles. The van der Waals surface area contributed by atoms with Crippen LogP contribution in [0.1, 0.15) is 57.9 Å². The molecule has 3 N–H and O–H groups in total. The highest BCUT2D eigenvalue weighted by Gasteiger charge is 2.08. The largest absolute Gasteiger partial charge is 0.396 e. The summed E-state index contributed by atoms with van der Waals surface area (Å²) in [6, 6.07) is 10.6. The van der Waals surface area contributed by atoms with Crippen molar-refractivity contribution in [2.45, 2.75) is 52.4 Å². The van der Waals surface area contributed by atoms with Crippen molar-refractivity contribution in [3.63, 3.8) is 0 Å². The van der Waals surface area contributed by atoms with Gasteiger partial charge in [-0.3, -0.25) is 4.99 Å². The molecule has 1 rings (SSSR count). The molecule has 0 bridgehead atoms. The molecule has 0 radical (unpaired) electrons. The Morgan fingerprint density at radius 3 is 2.40 bits per heavy atom. The second kappa shape index (κ2) is 15.4. The standard InChI is InChI=1S/C20H35N3O.HI/c1-4-9-18(13-15-24)16-23-20(21-5-2)22-14-12-17(3)19-10-7-6-8-11-19;/h6-8,10-11,17-18,24H,4-5,9,12-16H2,1-3H3,(H2,21,22,23);1H. The van der Waals surface area contributed by atoms with Gasteiger partial charge in [0.15, 0.2) is 5.96 Å². The molecule has 2 atom stereocenters. The summed E-state index contributed by atoms with van der Waals surface area (Å²) in [5.74, 6) is 1.89. The lowest BCUT2D eigenvalue weighted by molar-refractivity contribution is 0.253. The highest BCUT2D eigenvalue weighted by Crippen LogP contribution is 2.17. The average molecular weight is 461 g/mol. The van der Waals surface area contributed by atoms with Crippen LogP contribution in [0.4, 0.5) is 0 Å². The first-order valence-electron chi connectivity index (χ1n) is 9.39. The van der Waals surface area contributed by atoms with Gasteiger partial charge >= 0.3 is 0 Å². The normalized spacial score (nSPS) is 13.7. The predicted octanol–water partition coefficient (Wildman–Crippen LogP) is 4.15. The van der Waals surface area contributed by atoms with Crippen molar-refractivity contribution in [3.8, 4) is 0 Å². The fraction of sp³-hybridized carbons (Fsp3) is 0.650. The van der Waals surface area contributed by atoms with Crippen LogP contribution in [0.25, 0.3) is 0 Å². The molecule has 144 valence electrons. The third-order valence-corrected chi connectivity index (χ3v) is 4.32. The zero-order valence-electron chi connectivity index (χ0n) is 16.0. The van der Waals surface area contributed by atoms with Gasteiger partial charge in [0.25, 0.3) is 0 Å². The van der Waals surface area contributed by atoms with E-state index in [4.69, 9.17) is 10.1 Å². The van der Waals surface area contributed by atoms with Gasteiger partial charge in [-0.2, -0.15) is 0 Å². The van der Waals surface area contributed by atoms with E-state index in [1.807, 2.05) is 0 Å². The van der Waals surface area contributed by atoms with E-state index in [9.17, 15) is 0 Å². The number of nitrogens with zero attached hydrogens (tertiary/aromatic N) is 1. The quantitative estimate of drug-likeness (QED) is 0.264. The van der Waals surface area contributed by atoms with Crippen LogP contribution in [0.5, 0.6) is 0 Å². The highest BCUT2D eigenvalue weighted by atomic mass is 127. The van der Waals surface area contributed by atoms with Crippen molar-refractivity contribution in [2.24, 2.45) is 10.9 Å². The number of nitrogens with one attached hydrogen (secondary N) is 2. The van der Waals surface area contributed by atoms with E-state index in [0.29, 0.717) is 11.8 Å². The molecule has 25 heavy (non-hydrogen) atoms. The molecule has 0 saturated carbocycles. The van der Waals surface area contributed by atoms with E-state index in [1.165, 1.54) is 5.56 Å². The number of rotatable bonds is 11. The second-order valence-corrected chi connectivity index (χ2v) is 6.41. The molecule has 0 spiro atoms. The molecule has 2 unspecified atom stereocenters. The minimum absolute atomic E-state index is 0. The van der Waals surface area contributed by atoms with E-state index in [2.05, 4.69) is 61.7 Å². The first-order valence-corrected chi connectivity index (χ1v) is 9.39. The number of aliphatic hydroxyl groups excluding tert-OH is 1. The number of aliphatic imine (C=N–C) groups is 1. The number of halogens is 1. The topological polar surface area (TPSA) is 56.7 Å². The SMILES string of the molecule is CCCC(CCO)CN=C(NCC)NCCC(C)c1ccccc1.I. The summed E-state index contributed by atoms with van der Waals surface area (Å²) in [4.78, 5) is 4.70. The van der Waals surface area contributed by atoms with Gasteiger partial charge in [0, 0.05) is 26.2 Å². The average Bonchev–Trinajstić information content (AvgIpc) is 2.60. The summed E-state index contributed by atoms with van der Waals surface area (Å²) in [6.07, 6.45) is 4.17. The van der Waals surface area contributed by atoms with Crippen molar-refractivity contribution in [3.05, 3.63) is 35.9 Å². The Morgan fingerprint density at radius 2 is 1.80 bits per heavy atom. The Bertz CT molecular complexity index is 448. The highest BCUT2D eigenvalue weighted by molar-refractivity contribution is 14.0. The summed E-state index contributed by atoms with van der Waals surface area (Å²) >= 11 is 0. The smallest absolute Gasteiger partial charge is 0.191 e. The van der Waals surface area contributed by atoms with Gasteiger partial charge in [-0.15, -0.1) is 24.0 Å². The van der Waals surface area contributed by atoms with Crippen LogP contribution in [0.2, 0.25) is 0 Å². The zero-order valence-corrected chi connectivity index (χ0v) is 18.3. The molecule has 0 heterocycles. The maximum absolute atomic E-state index is 9.16. The van der Waals surface area contributed by atoms with Crippen LogP contribution in [-0.2, 0) is 0 Å². The summed E-state index contributed by atoms with van der Waals surface area (Å²) < 4.78 is 0. The van der Waals surface area contributed by atoms with Crippen molar-refractivity contribution in [1.82, 2.24) is 10.6 Å². The van der Waals surface area contributed by atoms with E-state index >= 15 is 0 Å². The van der Waals surface area contributed by atoms with E-state index in [0.717, 1.165) is 51.3 Å². The monoisotopic (exact) mass is 461 g/mol. The maximum Gasteiger partial charge on any atom is 0.191 e. The molecule has 4 nitrogen and oxygen atoms in total. The molecular weight excluding hydrogens is 425 g/mol. The van der Waals surface area contributed by atoms with Gasteiger partial charge in [-0.1, -0.05) is 50.6 Å². The molecule has 1 aromatic rings. The van der Waals surface area contributed by atoms with Crippen LogP contribution < -0.4 is 10.6 Å². The van der Waals surface area contributed by atoms with Gasteiger partial charge in [-0.05, 0) is 43.6 Å². The lowest BCUT2D eigenvalue weighted by atomic mass is 9.98. The van der Waals surface area contributed by atoms with Crippen molar-refractivity contribution >= 4 is 29.9 Å². The Morgan fingerprint density at radius 1 is 1.08 bits per heavy atom. The van der Waals surface area contributed by atoms with E-state index < -0.39 is 0 Å². The summed E-state index contributed by atoms with van der Waals surface area (Å²) in [5, 5.41) is 15.9. The van der Waals surface area contributed by atoms with Crippen LogP contribution in [0.15, 0.2) is 35.3 Å². The second-order valence-electron chi connectivity index (χ2n) is 6.41. The summed E-state index contributed by atoms with van der Waals surface area (Å²) in [7, 11) is 0. The fourth-order valence-electron chi connectivity index (χ4n) is 2.84. The molecule has 5 heteroatoms. The van der Waals surface area contributed by atoms with Crippen molar-refractivity contribution < 1.29 is 5.11 Å². The Balaban J connectivity index is 0.00000576. The lowest BCUT2D eigenvalue weighted by Crippen LogP contribution is -2.38. The molecule has 0 fully saturated rings. The lowest BCUT2D eigenvalue weighted by Gasteiger charge is -2.17. The minimum Gasteiger partial charge on any atom is -0.396 e. The Hall–Kier alpha value is -0.820. The molecule has 0 aliphatic carbocycles. The molecular formula is C20H36IN3O. The predicted molar refractivity (Wildman–Crippen MR) is 119 cm³/mol. The summed E-state index contributed by atoms with van der Waals surface area (Å²) in [5.41, 5.74) is 1.38. The number of aliphatic hydroxyl groups is 1. The molecule has 1 aromatic carbocycles. The Kier molecular flexibility index (Phi) is 14.9. The van der Waals surface area contributed by atoms with Crippen molar-refractivity contribution in [1.29, 1.82) is 0 Å². The third kappa shape index (κ3) is 10.7. The molecule has 0 aliphatic rings. The van der Waals surface area contributed by atoms with Crippen LogP contribution in [0.3, 0.4) is 0 Å². The van der Waals surface area contributed by atoms with Crippen LogP contribution in [-0.4, -0.2) is 37.3 Å². The number of hydrogen-bond donors (Lipinski definition) is 3. The van der Waals surface area contributed by atoms with Gasteiger partial charge in [0.2, 0.25) is 0 Å². The first-order chi connectivity index (χ1) is 11.7. The van der Waals surface area contributed by atoms with Crippen LogP contribution in [0, 0.1) is 5.92 Å².